The minimum Gasteiger partial charge on any atom is -0.357 e. The van der Waals surface area contributed by atoms with Crippen molar-refractivity contribution in [2.45, 2.75) is 26.3 Å². The van der Waals surface area contributed by atoms with Crippen LogP contribution in [0, 0.1) is 6.92 Å². The van der Waals surface area contributed by atoms with Gasteiger partial charge in [0, 0.05) is 31.5 Å². The van der Waals surface area contributed by atoms with E-state index in [4.69, 9.17) is 0 Å². The Labute approximate surface area is 136 Å². The van der Waals surface area contributed by atoms with Crippen molar-refractivity contribution in [3.05, 3.63) is 53.7 Å². The van der Waals surface area contributed by atoms with Gasteiger partial charge in [-0.15, -0.1) is 0 Å². The third-order valence-electron chi connectivity index (χ3n) is 4.00. The summed E-state index contributed by atoms with van der Waals surface area (Å²) in [5.74, 6) is 1.02. The van der Waals surface area contributed by atoms with Gasteiger partial charge in [-0.25, -0.2) is 9.78 Å². The second-order valence-electron chi connectivity index (χ2n) is 5.89. The zero-order valence-electron chi connectivity index (χ0n) is 13.4. The number of carbonyl (C=O) groups is 1. The van der Waals surface area contributed by atoms with Gasteiger partial charge in [0.25, 0.3) is 0 Å². The number of urea groups is 1. The van der Waals surface area contributed by atoms with Crippen molar-refractivity contribution in [2.24, 2.45) is 0 Å². The van der Waals surface area contributed by atoms with Crippen LogP contribution in [0.2, 0.25) is 0 Å². The second kappa shape index (κ2) is 7.13. The Balaban J connectivity index is 1.49. The minimum atomic E-state index is -0.211. The molecule has 5 nitrogen and oxygen atoms in total. The third-order valence-corrected chi connectivity index (χ3v) is 4.00. The molecule has 1 aliphatic rings. The van der Waals surface area contributed by atoms with Crippen molar-refractivity contribution in [2.75, 3.05) is 23.3 Å². The molecule has 1 saturated heterocycles. The number of amides is 2. The summed E-state index contributed by atoms with van der Waals surface area (Å²) >= 11 is 0. The lowest BCUT2D eigenvalue weighted by molar-refractivity contribution is 0.251. The highest BCUT2D eigenvalue weighted by Gasteiger charge is 2.13. The summed E-state index contributed by atoms with van der Waals surface area (Å²) < 4.78 is 0. The van der Waals surface area contributed by atoms with Crippen molar-refractivity contribution in [1.29, 1.82) is 0 Å². The molecule has 1 aromatic carbocycles. The van der Waals surface area contributed by atoms with Crippen LogP contribution < -0.4 is 15.5 Å². The highest BCUT2D eigenvalue weighted by Crippen LogP contribution is 2.17. The van der Waals surface area contributed by atoms with Gasteiger partial charge in [-0.1, -0.05) is 23.8 Å². The summed E-state index contributed by atoms with van der Waals surface area (Å²) in [4.78, 5) is 18.7. The minimum absolute atomic E-state index is 0.211. The molecule has 1 aliphatic heterocycles. The predicted molar refractivity (Wildman–Crippen MR) is 92.7 cm³/mol. The molecule has 2 N–H and O–H groups in total. The smallest absolute Gasteiger partial charge is 0.319 e. The number of pyridine rings is 1. The van der Waals surface area contributed by atoms with Gasteiger partial charge < -0.3 is 15.5 Å². The maximum atomic E-state index is 11.9. The van der Waals surface area contributed by atoms with Crippen LogP contribution in [0.25, 0.3) is 0 Å². The number of nitrogens with zero attached hydrogens (tertiary/aromatic N) is 2. The van der Waals surface area contributed by atoms with Crippen molar-refractivity contribution in [1.82, 2.24) is 10.3 Å². The van der Waals surface area contributed by atoms with Crippen LogP contribution in [0.4, 0.5) is 16.3 Å². The maximum absolute atomic E-state index is 11.9. The number of benzene rings is 1. The molecule has 0 spiro atoms. The molecule has 3 rings (SSSR count). The van der Waals surface area contributed by atoms with E-state index >= 15 is 0 Å². The van der Waals surface area contributed by atoms with Gasteiger partial charge in [0.1, 0.15) is 5.82 Å². The van der Waals surface area contributed by atoms with Crippen molar-refractivity contribution < 1.29 is 4.79 Å². The van der Waals surface area contributed by atoms with E-state index in [2.05, 4.69) is 20.5 Å². The largest absolute Gasteiger partial charge is 0.357 e. The van der Waals surface area contributed by atoms with Crippen LogP contribution >= 0.6 is 0 Å². The summed E-state index contributed by atoms with van der Waals surface area (Å²) in [7, 11) is 0. The fourth-order valence-electron chi connectivity index (χ4n) is 2.65. The molecule has 2 aromatic rings. The first-order valence-electron chi connectivity index (χ1n) is 8.02. The first-order valence-corrected chi connectivity index (χ1v) is 8.02. The van der Waals surface area contributed by atoms with Gasteiger partial charge in [0.05, 0.1) is 0 Å². The van der Waals surface area contributed by atoms with E-state index in [-0.39, 0.29) is 6.03 Å². The molecule has 1 fully saturated rings. The number of anilines is 2. The van der Waals surface area contributed by atoms with E-state index in [9.17, 15) is 4.79 Å². The molecule has 23 heavy (non-hydrogen) atoms. The van der Waals surface area contributed by atoms with Gasteiger partial charge in [-0.2, -0.15) is 0 Å². The zero-order chi connectivity index (χ0) is 16.1. The number of nitrogens with one attached hydrogen (secondary N) is 2. The average Bonchev–Trinajstić information content (AvgIpc) is 3.10. The highest BCUT2D eigenvalue weighted by molar-refractivity contribution is 5.89. The Morgan fingerprint density at radius 2 is 1.87 bits per heavy atom. The van der Waals surface area contributed by atoms with E-state index in [1.54, 1.807) is 0 Å². The summed E-state index contributed by atoms with van der Waals surface area (Å²) in [5.41, 5.74) is 2.95. The third kappa shape index (κ3) is 4.22. The van der Waals surface area contributed by atoms with Gasteiger partial charge in [0.15, 0.2) is 0 Å². The van der Waals surface area contributed by atoms with Gasteiger partial charge in [-0.05, 0) is 43.5 Å². The quantitative estimate of drug-likeness (QED) is 0.911. The van der Waals surface area contributed by atoms with E-state index in [0.29, 0.717) is 6.54 Å². The SMILES string of the molecule is Cc1ccc(NC(=O)NCc2ccc(N3CCCC3)nc2)cc1. The monoisotopic (exact) mass is 310 g/mol. The number of aromatic nitrogens is 1. The molecule has 0 aliphatic carbocycles. The average molecular weight is 310 g/mol. The second-order valence-corrected chi connectivity index (χ2v) is 5.89. The fraction of sp³-hybridized carbons (Fsp3) is 0.333. The molecule has 0 atom stereocenters. The predicted octanol–water partition coefficient (Wildman–Crippen LogP) is 3.31. The van der Waals surface area contributed by atoms with Crippen molar-refractivity contribution >= 4 is 17.5 Å². The van der Waals surface area contributed by atoms with Gasteiger partial charge in [0.2, 0.25) is 0 Å². The number of hydrogen-bond acceptors (Lipinski definition) is 3. The molecule has 0 radical (unpaired) electrons. The molecule has 1 aromatic heterocycles. The van der Waals surface area contributed by atoms with Crippen LogP contribution in [0.5, 0.6) is 0 Å². The maximum Gasteiger partial charge on any atom is 0.319 e. The summed E-state index contributed by atoms with van der Waals surface area (Å²) in [5, 5.41) is 5.66. The first-order chi connectivity index (χ1) is 11.2. The zero-order valence-corrected chi connectivity index (χ0v) is 13.4. The molecular weight excluding hydrogens is 288 g/mol. The molecule has 5 heteroatoms. The van der Waals surface area contributed by atoms with Crippen molar-refractivity contribution in [3.63, 3.8) is 0 Å². The number of hydrogen-bond donors (Lipinski definition) is 2. The van der Waals surface area contributed by atoms with Crippen LogP contribution in [-0.4, -0.2) is 24.1 Å². The Bertz CT molecular complexity index is 646. The molecule has 2 amide bonds. The fourth-order valence-corrected chi connectivity index (χ4v) is 2.65. The van der Waals surface area contributed by atoms with E-state index < -0.39 is 0 Å². The Kier molecular flexibility index (Phi) is 4.76. The Morgan fingerprint density at radius 3 is 2.52 bits per heavy atom. The lowest BCUT2D eigenvalue weighted by Crippen LogP contribution is -2.28. The normalized spacial score (nSPS) is 13.9. The highest BCUT2D eigenvalue weighted by atomic mass is 16.2. The van der Waals surface area contributed by atoms with Crippen LogP contribution in [0.15, 0.2) is 42.6 Å². The van der Waals surface area contributed by atoms with Crippen LogP contribution in [0.1, 0.15) is 24.0 Å². The van der Waals surface area contributed by atoms with Crippen molar-refractivity contribution in [3.8, 4) is 0 Å². The van der Waals surface area contributed by atoms with Gasteiger partial charge in [-0.3, -0.25) is 0 Å². The standard InChI is InChI=1S/C18H22N4O/c1-14-4-7-16(8-5-14)21-18(23)20-13-15-6-9-17(19-12-15)22-10-2-3-11-22/h4-9,12H,2-3,10-11,13H2,1H3,(H2,20,21,23). The van der Waals surface area contributed by atoms with Crippen LogP contribution in [-0.2, 0) is 6.54 Å². The molecule has 0 saturated carbocycles. The van der Waals surface area contributed by atoms with E-state index in [1.807, 2.05) is 49.5 Å². The Hall–Kier alpha value is -2.56. The topological polar surface area (TPSA) is 57.3 Å². The number of aryl methyl sites for hydroxylation is 1. The summed E-state index contributed by atoms with van der Waals surface area (Å²) in [6, 6.07) is 11.6. The Morgan fingerprint density at radius 1 is 1.13 bits per heavy atom. The van der Waals surface area contributed by atoms with Gasteiger partial charge >= 0.3 is 6.03 Å². The lowest BCUT2D eigenvalue weighted by Gasteiger charge is -2.16. The molecule has 0 unspecified atom stereocenters. The van der Waals surface area contributed by atoms with E-state index in [0.717, 1.165) is 30.2 Å². The molecule has 0 bridgehead atoms. The number of carbonyl (C=O) groups excluding carboxylic acids is 1. The molecule has 2 heterocycles. The summed E-state index contributed by atoms with van der Waals surface area (Å²) in [6.07, 6.45) is 4.31. The van der Waals surface area contributed by atoms with Crippen LogP contribution in [0.3, 0.4) is 0 Å². The first kappa shape index (κ1) is 15.3. The van der Waals surface area contributed by atoms with E-state index in [1.165, 1.54) is 18.4 Å². The summed E-state index contributed by atoms with van der Waals surface area (Å²) in [6.45, 7) is 4.65. The number of rotatable bonds is 4. The molecule has 120 valence electrons. The molecular formula is C18H22N4O. The lowest BCUT2D eigenvalue weighted by atomic mass is 10.2.